The molecular formula is C21H24N4O2. The van der Waals surface area contributed by atoms with E-state index in [-0.39, 0.29) is 5.91 Å². The van der Waals surface area contributed by atoms with E-state index in [1.807, 2.05) is 50.4 Å². The van der Waals surface area contributed by atoms with Crippen LogP contribution in [0.1, 0.15) is 21.6 Å². The second-order valence-corrected chi connectivity index (χ2v) is 6.55. The molecule has 27 heavy (non-hydrogen) atoms. The normalized spacial score (nSPS) is 10.7. The molecule has 3 aromatic rings. The number of ether oxygens (including phenoxy) is 1. The smallest absolute Gasteiger partial charge is 0.274 e. The Bertz CT molecular complexity index is 935. The van der Waals surface area contributed by atoms with Crippen molar-refractivity contribution in [3.8, 4) is 17.0 Å². The highest BCUT2D eigenvalue weighted by Crippen LogP contribution is 2.26. The van der Waals surface area contributed by atoms with Crippen LogP contribution < -0.4 is 4.74 Å². The third-order valence-corrected chi connectivity index (χ3v) is 4.62. The van der Waals surface area contributed by atoms with E-state index in [0.717, 1.165) is 34.6 Å². The Morgan fingerprint density at radius 2 is 1.93 bits per heavy atom. The monoisotopic (exact) mass is 364 g/mol. The van der Waals surface area contributed by atoms with E-state index in [2.05, 4.69) is 10.1 Å². The number of pyridine rings is 1. The molecule has 2 heterocycles. The summed E-state index contributed by atoms with van der Waals surface area (Å²) in [6.45, 7) is 2.62. The number of hydrogen-bond donors (Lipinski definition) is 0. The Balaban J connectivity index is 1.75. The van der Waals surface area contributed by atoms with Crippen LogP contribution in [0.4, 0.5) is 0 Å². The van der Waals surface area contributed by atoms with Crippen LogP contribution in [0.15, 0.2) is 48.8 Å². The van der Waals surface area contributed by atoms with Crippen molar-refractivity contribution in [2.24, 2.45) is 7.05 Å². The van der Waals surface area contributed by atoms with Gasteiger partial charge >= 0.3 is 0 Å². The number of rotatable bonds is 6. The summed E-state index contributed by atoms with van der Waals surface area (Å²) in [5.74, 6) is 0.754. The third-order valence-electron chi connectivity index (χ3n) is 4.62. The highest BCUT2D eigenvalue weighted by atomic mass is 16.5. The van der Waals surface area contributed by atoms with Gasteiger partial charge < -0.3 is 9.64 Å². The topological polar surface area (TPSA) is 60.2 Å². The summed E-state index contributed by atoms with van der Waals surface area (Å²) in [6.07, 6.45) is 4.31. The van der Waals surface area contributed by atoms with Gasteiger partial charge in [-0.2, -0.15) is 5.10 Å². The lowest BCUT2D eigenvalue weighted by Crippen LogP contribution is -2.29. The molecular weight excluding hydrogens is 340 g/mol. The van der Waals surface area contributed by atoms with E-state index in [1.54, 1.807) is 36.1 Å². The molecule has 0 aliphatic rings. The lowest BCUT2D eigenvalue weighted by atomic mass is 10.1. The minimum atomic E-state index is -0.0869. The maximum atomic E-state index is 12.7. The fourth-order valence-corrected chi connectivity index (χ4v) is 3.02. The molecule has 140 valence electrons. The van der Waals surface area contributed by atoms with E-state index >= 15 is 0 Å². The first-order chi connectivity index (χ1) is 13.0. The molecule has 0 saturated carbocycles. The number of aromatic nitrogens is 3. The number of methoxy groups -OCH3 is 1. The second kappa shape index (κ2) is 8.03. The van der Waals surface area contributed by atoms with Crippen LogP contribution in [0.25, 0.3) is 11.3 Å². The number of carbonyl (C=O) groups is 1. The molecule has 0 aliphatic carbocycles. The number of aryl methyl sites for hydroxylation is 2. The Morgan fingerprint density at radius 1 is 1.19 bits per heavy atom. The van der Waals surface area contributed by atoms with Crippen molar-refractivity contribution in [3.05, 3.63) is 65.6 Å². The SMILES string of the molecule is COc1ccc(-c2cc(C(=O)N(C)CCc3ccncc3)nn2C)cc1C. The molecule has 2 aromatic heterocycles. The van der Waals surface area contributed by atoms with Gasteiger partial charge in [-0.15, -0.1) is 0 Å². The van der Waals surface area contributed by atoms with Gasteiger partial charge in [0.15, 0.2) is 5.69 Å². The number of carbonyl (C=O) groups excluding carboxylic acids is 1. The van der Waals surface area contributed by atoms with Gasteiger partial charge in [-0.3, -0.25) is 14.5 Å². The van der Waals surface area contributed by atoms with Crippen molar-refractivity contribution in [2.75, 3.05) is 20.7 Å². The largest absolute Gasteiger partial charge is 0.496 e. The first-order valence-electron chi connectivity index (χ1n) is 8.83. The summed E-state index contributed by atoms with van der Waals surface area (Å²) < 4.78 is 7.06. The van der Waals surface area contributed by atoms with Gasteiger partial charge in [-0.05, 0) is 60.9 Å². The minimum Gasteiger partial charge on any atom is -0.496 e. The fraction of sp³-hybridized carbons (Fsp3) is 0.286. The molecule has 0 unspecified atom stereocenters. The average Bonchev–Trinajstić information content (AvgIpc) is 3.08. The lowest BCUT2D eigenvalue weighted by Gasteiger charge is -2.15. The van der Waals surface area contributed by atoms with Crippen molar-refractivity contribution in [1.82, 2.24) is 19.7 Å². The Kier molecular flexibility index (Phi) is 5.54. The van der Waals surface area contributed by atoms with Crippen LogP contribution in [0, 0.1) is 6.92 Å². The van der Waals surface area contributed by atoms with Crippen molar-refractivity contribution in [3.63, 3.8) is 0 Å². The summed E-state index contributed by atoms with van der Waals surface area (Å²) in [5, 5.41) is 4.42. The number of likely N-dealkylation sites (N-methyl/N-ethyl adjacent to an activating group) is 1. The zero-order chi connectivity index (χ0) is 19.4. The van der Waals surface area contributed by atoms with E-state index < -0.39 is 0 Å². The third kappa shape index (κ3) is 4.16. The molecule has 6 nitrogen and oxygen atoms in total. The number of amides is 1. The molecule has 6 heteroatoms. The van der Waals surface area contributed by atoms with Crippen LogP contribution in [0.3, 0.4) is 0 Å². The molecule has 0 N–H and O–H groups in total. The standard InChI is InChI=1S/C21H24N4O2/c1-15-13-17(5-6-20(15)27-4)19-14-18(23-25(19)3)21(26)24(2)12-9-16-7-10-22-11-8-16/h5-8,10-11,13-14H,9,12H2,1-4H3. The van der Waals surface area contributed by atoms with Gasteiger partial charge in [0.05, 0.1) is 12.8 Å². The first kappa shape index (κ1) is 18.6. The van der Waals surface area contributed by atoms with Crippen molar-refractivity contribution in [1.29, 1.82) is 0 Å². The predicted molar refractivity (Wildman–Crippen MR) is 105 cm³/mol. The number of nitrogens with zero attached hydrogens (tertiary/aromatic N) is 4. The zero-order valence-electron chi connectivity index (χ0n) is 16.1. The highest BCUT2D eigenvalue weighted by Gasteiger charge is 2.18. The zero-order valence-corrected chi connectivity index (χ0v) is 16.1. The van der Waals surface area contributed by atoms with Gasteiger partial charge in [0, 0.05) is 38.6 Å². The highest BCUT2D eigenvalue weighted by molar-refractivity contribution is 5.93. The van der Waals surface area contributed by atoms with Gasteiger partial charge in [-0.25, -0.2) is 0 Å². The van der Waals surface area contributed by atoms with E-state index in [1.165, 1.54) is 0 Å². The van der Waals surface area contributed by atoms with Crippen LogP contribution >= 0.6 is 0 Å². The Hall–Kier alpha value is -3.15. The second-order valence-electron chi connectivity index (χ2n) is 6.55. The first-order valence-corrected chi connectivity index (χ1v) is 8.83. The molecule has 1 aromatic carbocycles. The Labute approximate surface area is 159 Å². The van der Waals surface area contributed by atoms with E-state index in [9.17, 15) is 4.79 Å². The predicted octanol–water partition coefficient (Wildman–Crippen LogP) is 3.11. The fourth-order valence-electron chi connectivity index (χ4n) is 3.02. The summed E-state index contributed by atoms with van der Waals surface area (Å²) >= 11 is 0. The van der Waals surface area contributed by atoms with Gasteiger partial charge in [-0.1, -0.05) is 0 Å². The Morgan fingerprint density at radius 3 is 2.59 bits per heavy atom. The molecule has 0 saturated heterocycles. The molecule has 0 fully saturated rings. The van der Waals surface area contributed by atoms with Crippen molar-refractivity contribution in [2.45, 2.75) is 13.3 Å². The van der Waals surface area contributed by atoms with E-state index in [4.69, 9.17) is 4.74 Å². The quantitative estimate of drug-likeness (QED) is 0.674. The molecule has 0 aliphatic heterocycles. The van der Waals surface area contributed by atoms with E-state index in [0.29, 0.717) is 12.2 Å². The number of benzene rings is 1. The molecule has 0 radical (unpaired) electrons. The molecule has 3 rings (SSSR count). The van der Waals surface area contributed by atoms with Gasteiger partial charge in [0.2, 0.25) is 0 Å². The van der Waals surface area contributed by atoms with Crippen LogP contribution in [-0.4, -0.2) is 46.3 Å². The van der Waals surface area contributed by atoms with Gasteiger partial charge in [0.1, 0.15) is 5.75 Å². The van der Waals surface area contributed by atoms with Gasteiger partial charge in [0.25, 0.3) is 5.91 Å². The van der Waals surface area contributed by atoms with Crippen molar-refractivity contribution < 1.29 is 9.53 Å². The molecule has 0 bridgehead atoms. The molecule has 1 amide bonds. The molecule has 0 spiro atoms. The lowest BCUT2D eigenvalue weighted by molar-refractivity contribution is 0.0790. The summed E-state index contributed by atoms with van der Waals surface area (Å²) in [4.78, 5) is 18.5. The summed E-state index contributed by atoms with van der Waals surface area (Å²) in [5.41, 5.74) is 4.53. The summed E-state index contributed by atoms with van der Waals surface area (Å²) in [6, 6.07) is 11.7. The summed E-state index contributed by atoms with van der Waals surface area (Å²) in [7, 11) is 5.31. The minimum absolute atomic E-state index is 0.0869. The maximum absolute atomic E-state index is 12.7. The van der Waals surface area contributed by atoms with Crippen LogP contribution in [0.5, 0.6) is 5.75 Å². The van der Waals surface area contributed by atoms with Crippen LogP contribution in [0.2, 0.25) is 0 Å². The van der Waals surface area contributed by atoms with Crippen LogP contribution in [-0.2, 0) is 13.5 Å². The molecule has 0 atom stereocenters. The number of hydrogen-bond acceptors (Lipinski definition) is 4. The van der Waals surface area contributed by atoms with Crippen molar-refractivity contribution >= 4 is 5.91 Å². The maximum Gasteiger partial charge on any atom is 0.274 e. The average molecular weight is 364 g/mol.